The second-order valence-corrected chi connectivity index (χ2v) is 8.52. The van der Waals surface area contributed by atoms with Gasteiger partial charge in [0.1, 0.15) is 18.2 Å². The number of aryl methyl sites for hydroxylation is 1. The first kappa shape index (κ1) is 19.7. The first-order valence-electron chi connectivity index (χ1n) is 9.87. The molecule has 0 unspecified atom stereocenters. The predicted octanol–water partition coefficient (Wildman–Crippen LogP) is 3.25. The van der Waals surface area contributed by atoms with Crippen LogP contribution in [0, 0.1) is 0 Å². The molecule has 1 aromatic heterocycles. The van der Waals surface area contributed by atoms with Gasteiger partial charge in [-0.2, -0.15) is 0 Å². The maximum absolute atomic E-state index is 12.9. The summed E-state index contributed by atoms with van der Waals surface area (Å²) in [4.78, 5) is 27.0. The second-order valence-electron chi connectivity index (χ2n) is 7.42. The van der Waals surface area contributed by atoms with E-state index >= 15 is 0 Å². The number of carbonyl (C=O) groups is 2. The quantitative estimate of drug-likeness (QED) is 0.592. The van der Waals surface area contributed by atoms with E-state index in [4.69, 9.17) is 9.47 Å². The molecule has 4 rings (SSSR count). The minimum Gasteiger partial charge on any atom is -0.486 e. The molecule has 0 spiro atoms. The zero-order valence-electron chi connectivity index (χ0n) is 16.7. The Kier molecular flexibility index (Phi) is 5.73. The molecule has 1 aromatic carbocycles. The number of rotatable bonds is 4. The van der Waals surface area contributed by atoms with Crippen LogP contribution in [0.3, 0.4) is 0 Å². The Hall–Kier alpha value is -2.58. The maximum atomic E-state index is 12.9. The average Bonchev–Trinajstić information content (AvgIpc) is 2.87. The lowest BCUT2D eigenvalue weighted by Gasteiger charge is -2.18. The zero-order chi connectivity index (χ0) is 20.4. The molecule has 2 N–H and O–H groups in total. The summed E-state index contributed by atoms with van der Waals surface area (Å²) in [6.07, 6.45) is 5.14. The van der Waals surface area contributed by atoms with E-state index < -0.39 is 0 Å². The SMILES string of the molecule is CN(C)NC(=O)c1c(NC(=O)c2ccc3c(c2)OCCO3)sc2c1CCCCC2. The lowest BCUT2D eigenvalue weighted by atomic mass is 10.0. The molecule has 2 aromatic rings. The number of anilines is 1. The number of nitrogens with one attached hydrogen (secondary N) is 2. The van der Waals surface area contributed by atoms with Crippen molar-refractivity contribution < 1.29 is 19.1 Å². The molecule has 154 valence electrons. The number of hydrogen-bond donors (Lipinski definition) is 2. The van der Waals surface area contributed by atoms with Crippen molar-refractivity contribution in [3.63, 3.8) is 0 Å². The van der Waals surface area contributed by atoms with Crippen LogP contribution >= 0.6 is 11.3 Å². The molecule has 0 saturated heterocycles. The van der Waals surface area contributed by atoms with Crippen molar-refractivity contribution in [3.05, 3.63) is 39.8 Å². The van der Waals surface area contributed by atoms with E-state index in [2.05, 4.69) is 10.7 Å². The highest BCUT2D eigenvalue weighted by molar-refractivity contribution is 7.17. The van der Waals surface area contributed by atoms with Gasteiger partial charge in [0.15, 0.2) is 11.5 Å². The topological polar surface area (TPSA) is 79.9 Å². The van der Waals surface area contributed by atoms with Crippen molar-refractivity contribution in [2.75, 3.05) is 32.6 Å². The van der Waals surface area contributed by atoms with Crippen LogP contribution in [0.25, 0.3) is 0 Å². The van der Waals surface area contributed by atoms with Gasteiger partial charge in [-0.25, -0.2) is 5.01 Å². The van der Waals surface area contributed by atoms with E-state index in [1.54, 1.807) is 37.3 Å². The molecule has 0 bridgehead atoms. The van der Waals surface area contributed by atoms with E-state index in [9.17, 15) is 9.59 Å². The van der Waals surface area contributed by atoms with Gasteiger partial charge in [-0.1, -0.05) is 6.42 Å². The molecule has 0 atom stereocenters. The minimum atomic E-state index is -0.266. The third kappa shape index (κ3) is 4.23. The number of amides is 2. The fourth-order valence-corrected chi connectivity index (χ4v) is 4.97. The summed E-state index contributed by atoms with van der Waals surface area (Å²) in [6, 6.07) is 5.13. The molecule has 0 radical (unpaired) electrons. The molecule has 2 aliphatic rings. The minimum absolute atomic E-state index is 0.188. The standard InChI is InChI=1S/C21H25N3O4S/c1-24(2)23-20(26)18-14-6-4-3-5-7-17(14)29-21(18)22-19(25)13-8-9-15-16(12-13)28-11-10-27-15/h8-9,12H,3-7,10-11H2,1-2H3,(H,22,25)(H,23,26). The van der Waals surface area contributed by atoms with Gasteiger partial charge in [0.25, 0.3) is 11.8 Å². The number of hydrogen-bond acceptors (Lipinski definition) is 6. The van der Waals surface area contributed by atoms with Gasteiger partial charge in [0.05, 0.1) is 5.56 Å². The summed E-state index contributed by atoms with van der Waals surface area (Å²) in [5, 5.41) is 5.20. The molecule has 29 heavy (non-hydrogen) atoms. The van der Waals surface area contributed by atoms with Gasteiger partial charge >= 0.3 is 0 Å². The molecule has 2 heterocycles. The lowest BCUT2D eigenvalue weighted by Crippen LogP contribution is -2.36. The van der Waals surface area contributed by atoms with Crippen molar-refractivity contribution in [1.29, 1.82) is 0 Å². The number of carbonyl (C=O) groups excluding carboxylic acids is 2. The molecular formula is C21H25N3O4S. The first-order valence-corrected chi connectivity index (χ1v) is 10.7. The van der Waals surface area contributed by atoms with Gasteiger partial charge in [-0.3, -0.25) is 15.0 Å². The van der Waals surface area contributed by atoms with Gasteiger partial charge in [0.2, 0.25) is 0 Å². The largest absolute Gasteiger partial charge is 0.486 e. The van der Waals surface area contributed by atoms with Crippen LogP contribution in [0.4, 0.5) is 5.00 Å². The van der Waals surface area contributed by atoms with Gasteiger partial charge in [0, 0.05) is 24.5 Å². The number of nitrogens with zero attached hydrogens (tertiary/aromatic N) is 1. The highest BCUT2D eigenvalue weighted by Gasteiger charge is 2.26. The summed E-state index contributed by atoms with van der Waals surface area (Å²) < 4.78 is 11.1. The zero-order valence-corrected chi connectivity index (χ0v) is 17.5. The molecule has 0 saturated carbocycles. The van der Waals surface area contributed by atoms with Crippen LogP contribution in [0.5, 0.6) is 11.5 Å². The molecule has 2 amide bonds. The highest BCUT2D eigenvalue weighted by Crippen LogP contribution is 2.38. The van der Waals surface area contributed by atoms with E-state index in [0.29, 0.717) is 40.8 Å². The smallest absolute Gasteiger partial charge is 0.268 e. The molecule has 8 heteroatoms. The average molecular weight is 416 g/mol. The summed E-state index contributed by atoms with van der Waals surface area (Å²) in [5.74, 6) is 0.752. The summed E-state index contributed by atoms with van der Waals surface area (Å²) in [7, 11) is 3.55. The fourth-order valence-electron chi connectivity index (χ4n) is 3.69. The number of hydrazine groups is 1. The summed E-state index contributed by atoms with van der Waals surface area (Å²) in [5.41, 5.74) is 4.96. The molecule has 1 aliphatic heterocycles. The van der Waals surface area contributed by atoms with Gasteiger partial charge in [-0.05, 0) is 49.4 Å². The second kappa shape index (κ2) is 8.42. The summed E-state index contributed by atoms with van der Waals surface area (Å²) >= 11 is 1.52. The predicted molar refractivity (Wildman–Crippen MR) is 112 cm³/mol. The monoisotopic (exact) mass is 415 g/mol. The third-order valence-corrected chi connectivity index (χ3v) is 6.21. The Balaban J connectivity index is 1.63. The fraction of sp³-hybridized carbons (Fsp3) is 0.429. The lowest BCUT2D eigenvalue weighted by molar-refractivity contribution is 0.0857. The summed E-state index contributed by atoms with van der Waals surface area (Å²) in [6.45, 7) is 0.966. The molecule has 1 aliphatic carbocycles. The molecular weight excluding hydrogens is 390 g/mol. The Morgan fingerprint density at radius 1 is 1.00 bits per heavy atom. The van der Waals surface area contributed by atoms with Crippen LogP contribution in [0.15, 0.2) is 18.2 Å². The van der Waals surface area contributed by atoms with Crippen LogP contribution in [-0.2, 0) is 12.8 Å². The van der Waals surface area contributed by atoms with Crippen LogP contribution in [0.1, 0.15) is 50.4 Å². The van der Waals surface area contributed by atoms with Crippen LogP contribution in [-0.4, -0.2) is 44.1 Å². The Morgan fingerprint density at radius 3 is 2.55 bits per heavy atom. The number of fused-ring (bicyclic) bond motifs is 2. The van der Waals surface area contributed by atoms with Crippen molar-refractivity contribution in [2.45, 2.75) is 32.1 Å². The number of ether oxygens (including phenoxy) is 2. The van der Waals surface area contributed by atoms with Crippen molar-refractivity contribution in [3.8, 4) is 11.5 Å². The number of benzene rings is 1. The van der Waals surface area contributed by atoms with Gasteiger partial charge in [-0.15, -0.1) is 11.3 Å². The first-order chi connectivity index (χ1) is 14.0. The van der Waals surface area contributed by atoms with Crippen molar-refractivity contribution >= 4 is 28.2 Å². The normalized spacial score (nSPS) is 15.4. The Morgan fingerprint density at radius 2 is 1.76 bits per heavy atom. The maximum Gasteiger partial charge on any atom is 0.268 e. The van der Waals surface area contributed by atoms with Gasteiger partial charge < -0.3 is 14.8 Å². The molecule has 7 nitrogen and oxygen atoms in total. The Bertz CT molecular complexity index is 938. The van der Waals surface area contributed by atoms with Crippen molar-refractivity contribution in [2.24, 2.45) is 0 Å². The third-order valence-electron chi connectivity index (χ3n) is 5.00. The van der Waals surface area contributed by atoms with E-state index in [-0.39, 0.29) is 11.8 Å². The van der Waals surface area contributed by atoms with E-state index in [1.165, 1.54) is 16.2 Å². The molecule has 0 fully saturated rings. The highest BCUT2D eigenvalue weighted by atomic mass is 32.1. The van der Waals surface area contributed by atoms with Crippen LogP contribution in [0.2, 0.25) is 0 Å². The van der Waals surface area contributed by atoms with E-state index in [0.717, 1.165) is 37.7 Å². The number of thiophene rings is 1. The van der Waals surface area contributed by atoms with E-state index in [1.807, 2.05) is 0 Å². The Labute approximate surface area is 174 Å². The van der Waals surface area contributed by atoms with Crippen LogP contribution < -0.4 is 20.2 Å². The van der Waals surface area contributed by atoms with Crippen molar-refractivity contribution in [1.82, 2.24) is 10.4 Å².